The van der Waals surface area contributed by atoms with Crippen molar-refractivity contribution in [2.24, 2.45) is 0 Å². The van der Waals surface area contributed by atoms with Crippen LogP contribution in [0.4, 0.5) is 11.8 Å². The Labute approximate surface area is 155 Å². The van der Waals surface area contributed by atoms with Gasteiger partial charge in [-0.1, -0.05) is 60.7 Å². The minimum absolute atomic E-state index is 0.585. The summed E-state index contributed by atoms with van der Waals surface area (Å²) in [7, 11) is 0. The molecule has 134 valence electrons. The Balaban J connectivity index is 1.54. The van der Waals surface area contributed by atoms with Gasteiger partial charge in [-0.3, -0.25) is 0 Å². The summed E-state index contributed by atoms with van der Waals surface area (Å²) in [4.78, 5) is 6.82. The van der Waals surface area contributed by atoms with Gasteiger partial charge in [0.25, 0.3) is 0 Å². The number of hydrogen-bond donors (Lipinski definition) is 1. The van der Waals surface area contributed by atoms with Crippen LogP contribution in [0.25, 0.3) is 0 Å². The second-order valence-electron chi connectivity index (χ2n) is 6.15. The van der Waals surface area contributed by atoms with Gasteiger partial charge in [0.15, 0.2) is 5.82 Å². The van der Waals surface area contributed by atoms with Crippen LogP contribution in [0.2, 0.25) is 0 Å². The highest BCUT2D eigenvalue weighted by Gasteiger charge is 2.09. The molecule has 5 nitrogen and oxygen atoms in total. The second kappa shape index (κ2) is 9.51. The number of anilines is 2. The Morgan fingerprint density at radius 3 is 2.31 bits per heavy atom. The van der Waals surface area contributed by atoms with Gasteiger partial charge in [0.05, 0.1) is 6.20 Å². The number of benzene rings is 2. The van der Waals surface area contributed by atoms with Crippen LogP contribution in [0.15, 0.2) is 66.9 Å². The highest BCUT2D eigenvalue weighted by atomic mass is 15.3. The van der Waals surface area contributed by atoms with Crippen molar-refractivity contribution < 1.29 is 0 Å². The summed E-state index contributed by atoms with van der Waals surface area (Å²) in [5.41, 5.74) is 2.60. The fourth-order valence-corrected chi connectivity index (χ4v) is 2.82. The molecule has 0 aliphatic carbocycles. The van der Waals surface area contributed by atoms with Crippen molar-refractivity contribution in [3.8, 4) is 0 Å². The second-order valence-corrected chi connectivity index (χ2v) is 6.15. The number of nitrogens with one attached hydrogen (secondary N) is 1. The van der Waals surface area contributed by atoms with E-state index in [4.69, 9.17) is 0 Å². The lowest BCUT2D eigenvalue weighted by Crippen LogP contribution is -2.24. The molecule has 3 aromatic rings. The molecular formula is C21H25N5. The van der Waals surface area contributed by atoms with Crippen molar-refractivity contribution in [1.82, 2.24) is 15.2 Å². The van der Waals surface area contributed by atoms with Gasteiger partial charge in [0, 0.05) is 19.6 Å². The van der Waals surface area contributed by atoms with E-state index in [1.54, 1.807) is 6.20 Å². The van der Waals surface area contributed by atoms with Crippen LogP contribution in [0.1, 0.15) is 24.5 Å². The maximum atomic E-state index is 4.63. The predicted octanol–water partition coefficient (Wildman–Crippen LogP) is 3.94. The molecule has 0 unspecified atom stereocenters. The third-order valence-corrected chi connectivity index (χ3v) is 4.24. The van der Waals surface area contributed by atoms with Gasteiger partial charge in [-0.25, -0.2) is 0 Å². The molecule has 0 atom stereocenters. The van der Waals surface area contributed by atoms with Crippen LogP contribution < -0.4 is 10.2 Å². The molecule has 1 heterocycles. The maximum Gasteiger partial charge on any atom is 0.244 e. The van der Waals surface area contributed by atoms with E-state index < -0.39 is 0 Å². The molecule has 0 bridgehead atoms. The molecule has 0 spiro atoms. The largest absolute Gasteiger partial charge is 0.353 e. The van der Waals surface area contributed by atoms with Crippen molar-refractivity contribution >= 4 is 11.8 Å². The number of aryl methyl sites for hydroxylation is 1. The highest BCUT2D eigenvalue weighted by Crippen LogP contribution is 2.14. The summed E-state index contributed by atoms with van der Waals surface area (Å²) in [6, 6.07) is 20.9. The molecule has 0 radical (unpaired) electrons. The zero-order valence-corrected chi connectivity index (χ0v) is 15.2. The molecule has 3 rings (SSSR count). The third-order valence-electron chi connectivity index (χ3n) is 4.24. The Morgan fingerprint density at radius 2 is 1.62 bits per heavy atom. The van der Waals surface area contributed by atoms with Crippen molar-refractivity contribution in [2.75, 3.05) is 23.3 Å². The summed E-state index contributed by atoms with van der Waals surface area (Å²) in [6.45, 7) is 4.62. The van der Waals surface area contributed by atoms with Gasteiger partial charge in [0.1, 0.15) is 0 Å². The molecule has 0 saturated heterocycles. The molecule has 26 heavy (non-hydrogen) atoms. The molecule has 0 saturated carbocycles. The van der Waals surface area contributed by atoms with E-state index in [2.05, 4.69) is 80.9 Å². The Morgan fingerprint density at radius 1 is 0.923 bits per heavy atom. The quantitative estimate of drug-likeness (QED) is 0.594. The van der Waals surface area contributed by atoms with Crippen LogP contribution in [-0.4, -0.2) is 28.3 Å². The first kappa shape index (κ1) is 17.9. The Kier molecular flexibility index (Phi) is 6.53. The lowest BCUT2D eigenvalue weighted by molar-refractivity contribution is 0.790. The van der Waals surface area contributed by atoms with E-state index in [0.717, 1.165) is 38.3 Å². The normalized spacial score (nSPS) is 10.5. The predicted molar refractivity (Wildman–Crippen MR) is 106 cm³/mol. The van der Waals surface area contributed by atoms with Crippen LogP contribution in [0, 0.1) is 0 Å². The molecule has 0 aliphatic rings. The van der Waals surface area contributed by atoms with E-state index in [9.17, 15) is 0 Å². The summed E-state index contributed by atoms with van der Waals surface area (Å²) < 4.78 is 0. The summed E-state index contributed by atoms with van der Waals surface area (Å²) >= 11 is 0. The summed E-state index contributed by atoms with van der Waals surface area (Å²) in [5, 5.41) is 11.5. The lowest BCUT2D eigenvalue weighted by Gasteiger charge is -2.21. The zero-order chi connectivity index (χ0) is 18.0. The smallest absolute Gasteiger partial charge is 0.244 e. The third kappa shape index (κ3) is 5.28. The Hall–Kier alpha value is -2.95. The van der Waals surface area contributed by atoms with Crippen LogP contribution in [0.3, 0.4) is 0 Å². The molecule has 0 amide bonds. The molecular weight excluding hydrogens is 322 g/mol. The van der Waals surface area contributed by atoms with E-state index in [0.29, 0.717) is 5.95 Å². The molecule has 0 fully saturated rings. The number of nitrogens with zero attached hydrogens (tertiary/aromatic N) is 4. The minimum atomic E-state index is 0.585. The molecule has 0 aliphatic heterocycles. The van der Waals surface area contributed by atoms with Gasteiger partial charge < -0.3 is 10.2 Å². The van der Waals surface area contributed by atoms with E-state index in [1.165, 1.54) is 11.1 Å². The van der Waals surface area contributed by atoms with Gasteiger partial charge in [-0.05, 0) is 30.9 Å². The van der Waals surface area contributed by atoms with Crippen molar-refractivity contribution in [3.05, 3.63) is 78.0 Å². The van der Waals surface area contributed by atoms with E-state index >= 15 is 0 Å². The number of hydrogen-bond acceptors (Lipinski definition) is 5. The standard InChI is InChI=1S/C21H25N5/c1-2-26(17-19-12-7-4-8-13-19)20-16-23-25-21(24-20)22-15-9-14-18-10-5-3-6-11-18/h3-8,10-13,16H,2,9,14-15,17H2,1H3,(H,22,24,25). The van der Waals surface area contributed by atoms with Crippen LogP contribution in [0.5, 0.6) is 0 Å². The maximum absolute atomic E-state index is 4.63. The van der Waals surface area contributed by atoms with Gasteiger partial charge in [-0.2, -0.15) is 10.1 Å². The monoisotopic (exact) mass is 347 g/mol. The fourth-order valence-electron chi connectivity index (χ4n) is 2.82. The number of aromatic nitrogens is 3. The zero-order valence-electron chi connectivity index (χ0n) is 15.2. The first-order valence-corrected chi connectivity index (χ1v) is 9.11. The first-order valence-electron chi connectivity index (χ1n) is 9.11. The lowest BCUT2D eigenvalue weighted by atomic mass is 10.1. The summed E-state index contributed by atoms with van der Waals surface area (Å²) in [6.07, 6.45) is 3.79. The average molecular weight is 347 g/mol. The first-order chi connectivity index (χ1) is 12.8. The molecule has 2 aromatic carbocycles. The van der Waals surface area contributed by atoms with Crippen LogP contribution in [-0.2, 0) is 13.0 Å². The Bertz CT molecular complexity index is 777. The molecule has 1 aromatic heterocycles. The van der Waals surface area contributed by atoms with E-state index in [1.807, 2.05) is 12.1 Å². The van der Waals surface area contributed by atoms with Gasteiger partial charge in [0.2, 0.25) is 5.95 Å². The SMILES string of the molecule is CCN(Cc1ccccc1)c1cnnc(NCCCc2ccccc2)n1. The van der Waals surface area contributed by atoms with Crippen LogP contribution >= 0.6 is 0 Å². The van der Waals surface area contributed by atoms with Crippen molar-refractivity contribution in [2.45, 2.75) is 26.3 Å². The van der Waals surface area contributed by atoms with E-state index in [-0.39, 0.29) is 0 Å². The fraction of sp³-hybridized carbons (Fsp3) is 0.286. The topological polar surface area (TPSA) is 53.9 Å². The summed E-state index contributed by atoms with van der Waals surface area (Å²) in [5.74, 6) is 1.43. The highest BCUT2D eigenvalue weighted by molar-refractivity contribution is 5.41. The van der Waals surface area contributed by atoms with Crippen molar-refractivity contribution in [3.63, 3.8) is 0 Å². The van der Waals surface area contributed by atoms with Gasteiger partial charge >= 0.3 is 0 Å². The minimum Gasteiger partial charge on any atom is -0.353 e. The van der Waals surface area contributed by atoms with Gasteiger partial charge in [-0.15, -0.1) is 5.10 Å². The average Bonchev–Trinajstić information content (AvgIpc) is 2.71. The van der Waals surface area contributed by atoms with Crippen molar-refractivity contribution in [1.29, 1.82) is 0 Å². The molecule has 1 N–H and O–H groups in total. The number of rotatable bonds is 9. The molecule has 5 heteroatoms.